The lowest BCUT2D eigenvalue weighted by atomic mass is 10.0. The van der Waals surface area contributed by atoms with Gasteiger partial charge in [-0.15, -0.1) is 0 Å². The number of nitrogens with zero attached hydrogens (tertiary/aromatic N) is 2. The van der Waals surface area contributed by atoms with Crippen LogP contribution in [0.4, 0.5) is 0 Å². The molecule has 0 bridgehead atoms. The Morgan fingerprint density at radius 3 is 2.43 bits per heavy atom. The third-order valence-corrected chi connectivity index (χ3v) is 3.73. The van der Waals surface area contributed by atoms with Crippen molar-refractivity contribution in [3.63, 3.8) is 0 Å². The molecule has 3 heterocycles. The normalized spacial score (nSPS) is 11.0. The Kier molecular flexibility index (Phi) is 2.98. The predicted molar refractivity (Wildman–Crippen MR) is 85.3 cm³/mol. The van der Waals surface area contributed by atoms with Crippen LogP contribution >= 0.6 is 0 Å². The molecule has 0 spiro atoms. The first kappa shape index (κ1) is 13.3. The molecule has 0 fully saturated rings. The number of furan rings is 1. The summed E-state index contributed by atoms with van der Waals surface area (Å²) in [6, 6.07) is 16.4. The van der Waals surface area contributed by atoms with Crippen molar-refractivity contribution in [1.82, 2.24) is 4.57 Å². The van der Waals surface area contributed by atoms with E-state index in [1.54, 1.807) is 24.3 Å². The summed E-state index contributed by atoms with van der Waals surface area (Å²) in [6.07, 6.45) is 4.68. The molecule has 5 heteroatoms. The zero-order chi connectivity index (χ0) is 15.8. The Balaban J connectivity index is 2.03. The Labute approximate surface area is 131 Å². The van der Waals surface area contributed by atoms with Crippen LogP contribution in [0.25, 0.3) is 28.3 Å². The van der Waals surface area contributed by atoms with Gasteiger partial charge in [0.25, 0.3) is 0 Å². The van der Waals surface area contributed by atoms with Crippen LogP contribution in [-0.4, -0.2) is 4.57 Å². The van der Waals surface area contributed by atoms with Gasteiger partial charge in [0.1, 0.15) is 5.69 Å². The molecular weight excluding hydrogens is 292 g/mol. The fourth-order valence-electron chi connectivity index (χ4n) is 2.70. The highest BCUT2D eigenvalue weighted by Gasteiger charge is 2.22. The van der Waals surface area contributed by atoms with E-state index in [2.05, 4.69) is 0 Å². The fourth-order valence-corrected chi connectivity index (χ4v) is 2.70. The van der Waals surface area contributed by atoms with Crippen LogP contribution in [0.1, 0.15) is 0 Å². The lowest BCUT2D eigenvalue weighted by Crippen LogP contribution is -2.24. The third-order valence-electron chi connectivity index (χ3n) is 3.73. The minimum absolute atomic E-state index is 0.374. The highest BCUT2D eigenvalue weighted by molar-refractivity contribution is 5.80. The van der Waals surface area contributed by atoms with E-state index in [-0.39, 0.29) is 5.63 Å². The SMILES string of the molecule is O=c1oc2cccn(-c3cc[n+]([O-])cc3)c-2c1-c1ccccc1. The average Bonchev–Trinajstić information content (AvgIpc) is 2.92. The van der Waals surface area contributed by atoms with Crippen molar-refractivity contribution in [2.24, 2.45) is 0 Å². The van der Waals surface area contributed by atoms with Gasteiger partial charge in [0, 0.05) is 18.3 Å². The molecule has 0 aliphatic carbocycles. The van der Waals surface area contributed by atoms with E-state index in [1.807, 2.05) is 41.1 Å². The number of pyridine rings is 2. The van der Waals surface area contributed by atoms with Gasteiger partial charge < -0.3 is 14.2 Å². The second kappa shape index (κ2) is 5.14. The zero-order valence-electron chi connectivity index (χ0n) is 12.0. The van der Waals surface area contributed by atoms with Crippen molar-refractivity contribution in [3.8, 4) is 28.3 Å². The van der Waals surface area contributed by atoms with Gasteiger partial charge in [0.05, 0.1) is 11.3 Å². The molecule has 5 nitrogen and oxygen atoms in total. The van der Waals surface area contributed by atoms with Gasteiger partial charge in [-0.2, -0.15) is 4.73 Å². The number of fused-ring (bicyclic) bond motifs is 1. The van der Waals surface area contributed by atoms with E-state index in [9.17, 15) is 10.0 Å². The summed E-state index contributed by atoms with van der Waals surface area (Å²) in [5, 5.41) is 11.2. The van der Waals surface area contributed by atoms with Crippen LogP contribution in [0.15, 0.2) is 82.4 Å². The van der Waals surface area contributed by atoms with Crippen LogP contribution in [0.2, 0.25) is 0 Å². The van der Waals surface area contributed by atoms with E-state index < -0.39 is 0 Å². The number of hydrogen-bond acceptors (Lipinski definition) is 3. The highest BCUT2D eigenvalue weighted by Crippen LogP contribution is 2.33. The molecule has 0 amide bonds. The molecule has 4 rings (SSSR count). The first-order chi connectivity index (χ1) is 11.2. The molecule has 0 saturated carbocycles. The first-order valence-electron chi connectivity index (χ1n) is 7.13. The smallest absolute Gasteiger partial charge is 0.346 e. The largest absolute Gasteiger partial charge is 0.619 e. The molecular formula is C18H12N2O3. The van der Waals surface area contributed by atoms with Gasteiger partial charge in [-0.3, -0.25) is 0 Å². The van der Waals surface area contributed by atoms with Gasteiger partial charge in [-0.05, 0) is 17.7 Å². The maximum Gasteiger partial charge on any atom is 0.346 e. The van der Waals surface area contributed by atoms with Crippen molar-refractivity contribution < 1.29 is 9.15 Å². The first-order valence-corrected chi connectivity index (χ1v) is 7.13. The summed E-state index contributed by atoms with van der Waals surface area (Å²) in [7, 11) is 0. The number of aromatic nitrogens is 2. The van der Waals surface area contributed by atoms with Crippen molar-refractivity contribution in [2.45, 2.75) is 0 Å². The molecule has 0 unspecified atom stereocenters. The number of benzene rings is 1. The van der Waals surface area contributed by atoms with Crippen molar-refractivity contribution in [2.75, 3.05) is 0 Å². The Bertz CT molecular complexity index is 985. The van der Waals surface area contributed by atoms with Gasteiger partial charge in [0.2, 0.25) is 0 Å². The van der Waals surface area contributed by atoms with Gasteiger partial charge in [-0.25, -0.2) is 4.79 Å². The predicted octanol–water partition coefficient (Wildman–Crippen LogP) is 2.84. The van der Waals surface area contributed by atoms with Crippen LogP contribution in [0.3, 0.4) is 0 Å². The molecule has 0 atom stereocenters. The van der Waals surface area contributed by atoms with Crippen molar-refractivity contribution in [1.29, 1.82) is 0 Å². The molecule has 0 saturated heterocycles. The summed E-state index contributed by atoms with van der Waals surface area (Å²) in [5.74, 6) is 0.509. The Morgan fingerprint density at radius 1 is 0.957 bits per heavy atom. The summed E-state index contributed by atoms with van der Waals surface area (Å²) < 4.78 is 7.96. The molecule has 0 N–H and O–H groups in total. The van der Waals surface area contributed by atoms with Gasteiger partial charge in [-0.1, -0.05) is 30.3 Å². The van der Waals surface area contributed by atoms with E-state index in [0.29, 0.717) is 17.0 Å². The van der Waals surface area contributed by atoms with Crippen LogP contribution in [0.5, 0.6) is 0 Å². The second-order valence-electron chi connectivity index (χ2n) is 5.14. The quantitative estimate of drug-likeness (QED) is 0.422. The molecule has 112 valence electrons. The summed E-state index contributed by atoms with van der Waals surface area (Å²) in [4.78, 5) is 12.3. The molecule has 2 aromatic rings. The van der Waals surface area contributed by atoms with Crippen molar-refractivity contribution in [3.05, 3.63) is 88.8 Å². The average molecular weight is 304 g/mol. The van der Waals surface area contributed by atoms with Crippen LogP contribution in [0, 0.1) is 5.21 Å². The van der Waals surface area contributed by atoms with Crippen LogP contribution in [-0.2, 0) is 0 Å². The van der Waals surface area contributed by atoms with E-state index >= 15 is 0 Å². The molecule has 2 aliphatic heterocycles. The third kappa shape index (κ3) is 2.19. The monoisotopic (exact) mass is 304 g/mol. The summed E-state index contributed by atoms with van der Waals surface area (Å²) in [6.45, 7) is 0. The molecule has 2 aliphatic rings. The molecule has 0 radical (unpaired) electrons. The second-order valence-corrected chi connectivity index (χ2v) is 5.14. The van der Waals surface area contributed by atoms with Gasteiger partial charge in [0.15, 0.2) is 18.2 Å². The van der Waals surface area contributed by atoms with E-state index in [1.165, 1.54) is 12.4 Å². The van der Waals surface area contributed by atoms with Gasteiger partial charge >= 0.3 is 5.63 Å². The highest BCUT2D eigenvalue weighted by atomic mass is 16.5. The maximum absolute atomic E-state index is 12.3. The fraction of sp³-hybridized carbons (Fsp3) is 0. The maximum atomic E-state index is 12.3. The molecule has 23 heavy (non-hydrogen) atoms. The zero-order valence-corrected chi connectivity index (χ0v) is 12.0. The van der Waals surface area contributed by atoms with Crippen LogP contribution < -0.4 is 10.4 Å². The Morgan fingerprint density at radius 2 is 1.70 bits per heavy atom. The standard InChI is InChI=1S/C18H12N2O3/c21-18-16(13-5-2-1-3-6-13)17-15(23-18)7-4-10-20(17)14-8-11-19(22)12-9-14/h1-12H. The Hall–Kier alpha value is -3.34. The minimum atomic E-state index is -0.374. The lowest BCUT2D eigenvalue weighted by molar-refractivity contribution is -0.605. The topological polar surface area (TPSA) is 62.1 Å². The minimum Gasteiger partial charge on any atom is -0.619 e. The molecule has 1 aromatic heterocycles. The summed E-state index contributed by atoms with van der Waals surface area (Å²) >= 11 is 0. The number of rotatable bonds is 2. The number of hydrogen-bond donors (Lipinski definition) is 0. The van der Waals surface area contributed by atoms with E-state index in [4.69, 9.17) is 4.42 Å². The lowest BCUT2D eigenvalue weighted by Gasteiger charge is -2.12. The van der Waals surface area contributed by atoms with Crippen molar-refractivity contribution >= 4 is 0 Å². The molecule has 1 aromatic carbocycles. The summed E-state index contributed by atoms with van der Waals surface area (Å²) in [5.41, 5.74) is 2.40. The van der Waals surface area contributed by atoms with E-state index in [0.717, 1.165) is 16.0 Å².